The van der Waals surface area contributed by atoms with Crippen LogP contribution in [0.2, 0.25) is 5.28 Å². The Kier molecular flexibility index (Phi) is 6.24. The normalized spacial score (nSPS) is 11.2. The molecule has 0 aromatic carbocycles. The Balaban J connectivity index is 2.91. The Hall–Kier alpha value is -1.14. The maximum atomic E-state index is 5.93. The second-order valence-corrected chi connectivity index (χ2v) is 5.46. The van der Waals surface area contributed by atoms with Crippen LogP contribution < -0.4 is 10.2 Å². The number of nitrogens with zero attached hydrogens (tertiary/aromatic N) is 5. The van der Waals surface area contributed by atoms with E-state index in [2.05, 4.69) is 43.9 Å². The quantitative estimate of drug-likeness (QED) is 0.821. The van der Waals surface area contributed by atoms with Gasteiger partial charge in [0.2, 0.25) is 17.2 Å². The summed E-state index contributed by atoms with van der Waals surface area (Å²) in [6.07, 6.45) is 0. The first kappa shape index (κ1) is 15.9. The standard InChI is InChI=1S/C12H23ClN6/c1-9(2)8-19(7-6-18(4)5)12-16-10(13)15-11(14-3)17-12/h9H,6-8H2,1-5H3,(H,14,15,16,17). The molecule has 108 valence electrons. The van der Waals surface area contributed by atoms with Crippen LogP contribution in [0.1, 0.15) is 13.8 Å². The van der Waals surface area contributed by atoms with Gasteiger partial charge in [-0.15, -0.1) is 0 Å². The zero-order valence-corrected chi connectivity index (χ0v) is 13.1. The van der Waals surface area contributed by atoms with Gasteiger partial charge in [-0.2, -0.15) is 15.0 Å². The monoisotopic (exact) mass is 286 g/mol. The molecule has 1 aromatic rings. The molecule has 1 heterocycles. The molecule has 0 aliphatic carbocycles. The van der Waals surface area contributed by atoms with Gasteiger partial charge in [-0.05, 0) is 31.6 Å². The van der Waals surface area contributed by atoms with E-state index in [4.69, 9.17) is 11.6 Å². The maximum absolute atomic E-state index is 5.93. The summed E-state index contributed by atoms with van der Waals surface area (Å²) in [7, 11) is 5.86. The number of halogens is 1. The summed E-state index contributed by atoms with van der Waals surface area (Å²) in [5.74, 6) is 1.64. The number of hydrogen-bond acceptors (Lipinski definition) is 6. The van der Waals surface area contributed by atoms with E-state index >= 15 is 0 Å². The molecule has 0 aliphatic rings. The third-order valence-corrected chi connectivity index (χ3v) is 2.67. The van der Waals surface area contributed by atoms with Crippen molar-refractivity contribution in [2.75, 3.05) is 51.0 Å². The van der Waals surface area contributed by atoms with Crippen molar-refractivity contribution >= 4 is 23.5 Å². The lowest BCUT2D eigenvalue weighted by Gasteiger charge is -2.26. The first-order valence-corrected chi connectivity index (χ1v) is 6.79. The van der Waals surface area contributed by atoms with Crippen molar-refractivity contribution in [1.29, 1.82) is 0 Å². The van der Waals surface area contributed by atoms with Gasteiger partial charge in [-0.25, -0.2) is 0 Å². The van der Waals surface area contributed by atoms with Crippen LogP contribution in [0.4, 0.5) is 11.9 Å². The molecule has 1 aromatic heterocycles. The predicted molar refractivity (Wildman–Crippen MR) is 80.0 cm³/mol. The zero-order valence-electron chi connectivity index (χ0n) is 12.3. The SMILES string of the molecule is CNc1nc(Cl)nc(N(CCN(C)C)CC(C)C)n1. The minimum absolute atomic E-state index is 0.216. The van der Waals surface area contributed by atoms with Gasteiger partial charge >= 0.3 is 0 Å². The van der Waals surface area contributed by atoms with E-state index in [1.807, 2.05) is 14.1 Å². The number of likely N-dealkylation sites (N-methyl/N-ethyl adjacent to an activating group) is 1. The Labute approximate surface area is 120 Å². The smallest absolute Gasteiger partial charge is 0.231 e. The van der Waals surface area contributed by atoms with E-state index in [0.29, 0.717) is 17.8 Å². The molecule has 0 unspecified atom stereocenters. The van der Waals surface area contributed by atoms with Gasteiger partial charge in [0.25, 0.3) is 0 Å². The summed E-state index contributed by atoms with van der Waals surface area (Å²) in [5, 5.41) is 3.11. The van der Waals surface area contributed by atoms with Gasteiger partial charge in [0, 0.05) is 26.7 Å². The van der Waals surface area contributed by atoms with Crippen LogP contribution in [0.25, 0.3) is 0 Å². The first-order chi connectivity index (χ1) is 8.92. The van der Waals surface area contributed by atoms with E-state index in [1.54, 1.807) is 7.05 Å². The van der Waals surface area contributed by atoms with Crippen molar-refractivity contribution in [2.45, 2.75) is 13.8 Å². The molecule has 0 radical (unpaired) electrons. The molecule has 19 heavy (non-hydrogen) atoms. The molecule has 0 aliphatic heterocycles. The second-order valence-electron chi connectivity index (χ2n) is 5.12. The average Bonchev–Trinajstić information content (AvgIpc) is 2.32. The van der Waals surface area contributed by atoms with Gasteiger partial charge in [-0.3, -0.25) is 0 Å². The van der Waals surface area contributed by atoms with E-state index in [9.17, 15) is 0 Å². The van der Waals surface area contributed by atoms with Crippen molar-refractivity contribution in [2.24, 2.45) is 5.92 Å². The van der Waals surface area contributed by atoms with Gasteiger partial charge in [0.05, 0.1) is 0 Å². The van der Waals surface area contributed by atoms with Gasteiger partial charge in [0.15, 0.2) is 0 Å². The molecule has 7 heteroatoms. The summed E-state index contributed by atoms with van der Waals surface area (Å²) >= 11 is 5.93. The summed E-state index contributed by atoms with van der Waals surface area (Å²) < 4.78 is 0. The molecule has 0 spiro atoms. The highest BCUT2D eigenvalue weighted by Gasteiger charge is 2.14. The van der Waals surface area contributed by atoms with Crippen molar-refractivity contribution in [3.05, 3.63) is 5.28 Å². The van der Waals surface area contributed by atoms with Crippen LogP contribution in [-0.2, 0) is 0 Å². The highest BCUT2D eigenvalue weighted by atomic mass is 35.5. The minimum atomic E-state index is 0.216. The molecule has 0 saturated carbocycles. The molecule has 0 saturated heterocycles. The second kappa shape index (κ2) is 7.45. The third kappa shape index (κ3) is 5.57. The van der Waals surface area contributed by atoms with Crippen molar-refractivity contribution in [1.82, 2.24) is 19.9 Å². The Morgan fingerprint density at radius 3 is 2.37 bits per heavy atom. The highest BCUT2D eigenvalue weighted by Crippen LogP contribution is 2.14. The number of aromatic nitrogens is 3. The first-order valence-electron chi connectivity index (χ1n) is 6.41. The summed E-state index contributed by atoms with van der Waals surface area (Å²) in [5.41, 5.74) is 0. The number of hydrogen-bond donors (Lipinski definition) is 1. The fourth-order valence-electron chi connectivity index (χ4n) is 1.63. The topological polar surface area (TPSA) is 57.2 Å². The fraction of sp³-hybridized carbons (Fsp3) is 0.750. The third-order valence-electron chi connectivity index (χ3n) is 2.51. The van der Waals surface area contributed by atoms with Crippen LogP contribution in [0.5, 0.6) is 0 Å². The van der Waals surface area contributed by atoms with Crippen LogP contribution in [-0.4, -0.2) is 60.6 Å². The largest absolute Gasteiger partial charge is 0.357 e. The number of nitrogens with one attached hydrogen (secondary N) is 1. The van der Waals surface area contributed by atoms with Crippen LogP contribution in [0.15, 0.2) is 0 Å². The van der Waals surface area contributed by atoms with Gasteiger partial charge in [0.1, 0.15) is 0 Å². The Morgan fingerprint density at radius 1 is 1.16 bits per heavy atom. The molecule has 0 fully saturated rings. The van der Waals surface area contributed by atoms with Crippen molar-refractivity contribution in [3.8, 4) is 0 Å². The lowest BCUT2D eigenvalue weighted by Crippen LogP contribution is -2.35. The van der Waals surface area contributed by atoms with Gasteiger partial charge < -0.3 is 15.1 Å². The van der Waals surface area contributed by atoms with E-state index in [1.165, 1.54) is 0 Å². The molecular formula is C12H23ClN6. The average molecular weight is 287 g/mol. The van der Waals surface area contributed by atoms with Crippen molar-refractivity contribution in [3.63, 3.8) is 0 Å². The highest BCUT2D eigenvalue weighted by molar-refractivity contribution is 6.28. The number of rotatable bonds is 7. The van der Waals surface area contributed by atoms with Crippen LogP contribution >= 0.6 is 11.6 Å². The Morgan fingerprint density at radius 2 is 1.84 bits per heavy atom. The van der Waals surface area contributed by atoms with Crippen LogP contribution in [0.3, 0.4) is 0 Å². The Bertz CT molecular complexity index is 396. The van der Waals surface area contributed by atoms with Crippen LogP contribution in [0, 0.1) is 5.92 Å². The lowest BCUT2D eigenvalue weighted by molar-refractivity contribution is 0.407. The molecule has 1 rings (SSSR count). The molecule has 0 bridgehead atoms. The van der Waals surface area contributed by atoms with E-state index in [0.717, 1.165) is 19.6 Å². The molecule has 0 atom stereocenters. The summed E-state index contributed by atoms with van der Waals surface area (Å²) in [6.45, 7) is 7.02. The van der Waals surface area contributed by atoms with E-state index < -0.39 is 0 Å². The summed E-state index contributed by atoms with van der Waals surface area (Å²) in [6, 6.07) is 0. The van der Waals surface area contributed by atoms with Gasteiger partial charge in [-0.1, -0.05) is 13.8 Å². The molecular weight excluding hydrogens is 264 g/mol. The molecule has 6 nitrogen and oxygen atoms in total. The minimum Gasteiger partial charge on any atom is -0.357 e. The molecule has 1 N–H and O–H groups in total. The van der Waals surface area contributed by atoms with Crippen molar-refractivity contribution < 1.29 is 0 Å². The zero-order chi connectivity index (χ0) is 14.4. The molecule has 0 amide bonds. The van der Waals surface area contributed by atoms with E-state index in [-0.39, 0.29) is 5.28 Å². The lowest BCUT2D eigenvalue weighted by atomic mass is 10.2. The summed E-state index contributed by atoms with van der Waals surface area (Å²) in [4.78, 5) is 16.9. The fourth-order valence-corrected chi connectivity index (χ4v) is 1.78. The predicted octanol–water partition coefficient (Wildman–Crippen LogP) is 1.59. The number of anilines is 2. The maximum Gasteiger partial charge on any atom is 0.231 e.